The van der Waals surface area contributed by atoms with Crippen LogP contribution in [0.25, 0.3) is 0 Å². The average molecular weight is 606 g/mol. The zero-order chi connectivity index (χ0) is 33.2. The first-order valence-electron chi connectivity index (χ1n) is 13.3. The molecule has 0 bridgehead atoms. The molecule has 3 amide bonds. The summed E-state index contributed by atoms with van der Waals surface area (Å²) in [6.07, 6.45) is 0. The molecule has 3 aromatic rings. The van der Waals surface area contributed by atoms with Crippen molar-refractivity contribution < 1.29 is 25.0 Å². The zero-order valence-corrected chi connectivity index (χ0v) is 26.6. The first-order valence-corrected chi connectivity index (χ1v) is 13.3. The number of nitrogens with two attached hydrogens (primary N) is 1. The van der Waals surface area contributed by atoms with Gasteiger partial charge in [0.15, 0.2) is 0 Å². The fourth-order valence-electron chi connectivity index (χ4n) is 2.71. The summed E-state index contributed by atoms with van der Waals surface area (Å²) in [7, 11) is 0. The summed E-state index contributed by atoms with van der Waals surface area (Å²) < 4.78 is 0. The number of aliphatic hydroxyl groups is 1. The van der Waals surface area contributed by atoms with Crippen molar-refractivity contribution in [3.63, 3.8) is 0 Å². The lowest BCUT2D eigenvalue weighted by molar-refractivity contribution is -0.115. The lowest BCUT2D eigenvalue weighted by atomic mass is 10.1. The summed E-state index contributed by atoms with van der Waals surface area (Å²) in [5.74, 6) is -0.358. The maximum atomic E-state index is 11.8. The highest BCUT2D eigenvalue weighted by Crippen LogP contribution is 2.11. The molecule has 0 aliphatic carbocycles. The van der Waals surface area contributed by atoms with E-state index in [0.717, 1.165) is 0 Å². The van der Waals surface area contributed by atoms with Crippen LogP contribution in [0.1, 0.15) is 76.9 Å². The lowest BCUT2D eigenvalue weighted by Gasteiger charge is -2.20. The van der Waals surface area contributed by atoms with E-state index in [9.17, 15) is 14.4 Å². The summed E-state index contributed by atoms with van der Waals surface area (Å²) in [5.41, 5.74) is 8.51. The van der Waals surface area contributed by atoms with E-state index in [2.05, 4.69) is 16.0 Å². The van der Waals surface area contributed by atoms with Gasteiger partial charge in [-0.2, -0.15) is 10.5 Å². The highest BCUT2D eigenvalue weighted by atomic mass is 16.3. The summed E-state index contributed by atoms with van der Waals surface area (Å²) in [4.78, 5) is 33.2. The normalized spacial score (nSPS) is 9.61. The second-order valence-corrected chi connectivity index (χ2v) is 11.2. The molecule has 11 nitrogen and oxygen atoms in total. The van der Waals surface area contributed by atoms with Crippen molar-refractivity contribution in [3.8, 4) is 12.1 Å². The van der Waals surface area contributed by atoms with Crippen molar-refractivity contribution in [2.24, 2.45) is 0 Å². The van der Waals surface area contributed by atoms with E-state index in [1.807, 2.05) is 32.9 Å². The van der Waals surface area contributed by atoms with E-state index in [1.165, 1.54) is 13.8 Å². The Hall–Kier alpha value is -5.23. The van der Waals surface area contributed by atoms with Gasteiger partial charge < -0.3 is 32.3 Å². The van der Waals surface area contributed by atoms with Crippen LogP contribution in [0.15, 0.2) is 72.8 Å². The Labute approximate surface area is 260 Å². The molecule has 0 aromatic heterocycles. The number of nitrogen functional groups attached to an aromatic ring is 1. The predicted molar refractivity (Wildman–Crippen MR) is 176 cm³/mol. The molecule has 9 N–H and O–H groups in total. The van der Waals surface area contributed by atoms with E-state index in [0.29, 0.717) is 33.8 Å². The number of rotatable bonds is 3. The Morgan fingerprint density at radius 3 is 1.30 bits per heavy atom. The van der Waals surface area contributed by atoms with Gasteiger partial charge in [0, 0.05) is 42.0 Å². The lowest BCUT2D eigenvalue weighted by Crippen LogP contribution is -2.40. The molecule has 0 atom stereocenters. The van der Waals surface area contributed by atoms with E-state index < -0.39 is 5.60 Å². The highest BCUT2D eigenvalue weighted by Gasteiger charge is 2.14. The van der Waals surface area contributed by atoms with Gasteiger partial charge in [0.1, 0.15) is 0 Å². The quantitative estimate of drug-likeness (QED) is 0.209. The van der Waals surface area contributed by atoms with Crippen LogP contribution in [0.2, 0.25) is 0 Å². The second-order valence-electron chi connectivity index (χ2n) is 11.2. The zero-order valence-electron chi connectivity index (χ0n) is 26.6. The second kappa shape index (κ2) is 19.8. The molecule has 0 saturated carbocycles. The summed E-state index contributed by atoms with van der Waals surface area (Å²) >= 11 is 0. The van der Waals surface area contributed by atoms with Crippen molar-refractivity contribution in [3.05, 3.63) is 89.5 Å². The van der Waals surface area contributed by atoms with Crippen molar-refractivity contribution in [1.82, 2.24) is 5.32 Å². The number of anilines is 3. The highest BCUT2D eigenvalue weighted by molar-refractivity contribution is 5.95. The van der Waals surface area contributed by atoms with Crippen LogP contribution in [0.3, 0.4) is 0 Å². The number of hydrogen-bond acceptors (Lipinski definition) is 7. The fourth-order valence-corrected chi connectivity index (χ4v) is 2.71. The first-order chi connectivity index (χ1) is 19.8. The van der Waals surface area contributed by atoms with Crippen LogP contribution in [-0.4, -0.2) is 34.0 Å². The monoisotopic (exact) mass is 605 g/mol. The molecule has 11 heteroatoms. The Morgan fingerprint density at radius 1 is 0.682 bits per heavy atom. The molecule has 0 aliphatic rings. The number of carbonyl (C=O) groups is 3. The first kappa shape index (κ1) is 40.9. The molecule has 0 aliphatic heterocycles. The molecule has 0 radical (unpaired) electrons. The SMILES string of the molecule is CC(=O)Nc1ccc(C#N)cc1.CC(=O)Nc1ccc(C(=O)NC(C)(C)C)cc1.CC(C)(C)O.N#Cc1ccc(N)cc1.[OH3+]. The number of benzene rings is 3. The summed E-state index contributed by atoms with van der Waals surface area (Å²) in [6.45, 7) is 13.9. The van der Waals surface area contributed by atoms with Crippen LogP contribution >= 0.6 is 0 Å². The number of nitrogens with zero attached hydrogens (tertiary/aromatic N) is 2. The van der Waals surface area contributed by atoms with Gasteiger partial charge in [-0.15, -0.1) is 0 Å². The molecular formula is C33H45N6O5+. The maximum absolute atomic E-state index is 11.8. The fraction of sp³-hybridized carbons (Fsp3) is 0.303. The number of nitriles is 2. The largest absolute Gasteiger partial charge is 0.457 e. The van der Waals surface area contributed by atoms with Gasteiger partial charge in [-0.25, -0.2) is 0 Å². The number of carbonyl (C=O) groups excluding carboxylic acids is 3. The molecule has 0 saturated heterocycles. The van der Waals surface area contributed by atoms with Gasteiger partial charge in [0.2, 0.25) is 11.8 Å². The van der Waals surface area contributed by atoms with E-state index in [1.54, 1.807) is 93.6 Å². The predicted octanol–water partition coefficient (Wildman–Crippen LogP) is 4.69. The van der Waals surface area contributed by atoms with Crippen molar-refractivity contribution >= 4 is 34.8 Å². The summed E-state index contributed by atoms with van der Waals surface area (Å²) in [6, 6.07) is 24.3. The maximum Gasteiger partial charge on any atom is 0.251 e. The Balaban J connectivity index is 0. The average Bonchev–Trinajstić information content (AvgIpc) is 2.88. The van der Waals surface area contributed by atoms with Gasteiger partial charge >= 0.3 is 0 Å². The van der Waals surface area contributed by atoms with Crippen LogP contribution in [-0.2, 0) is 15.1 Å². The van der Waals surface area contributed by atoms with E-state index in [4.69, 9.17) is 21.4 Å². The van der Waals surface area contributed by atoms with Crippen molar-refractivity contribution in [2.45, 2.75) is 66.5 Å². The van der Waals surface area contributed by atoms with E-state index >= 15 is 0 Å². The molecule has 0 heterocycles. The van der Waals surface area contributed by atoms with E-state index in [-0.39, 0.29) is 28.7 Å². The van der Waals surface area contributed by atoms with Gasteiger partial charge in [0.05, 0.1) is 28.9 Å². The minimum absolute atomic E-state index is 0. The molecule has 0 unspecified atom stereocenters. The van der Waals surface area contributed by atoms with Gasteiger partial charge in [-0.3, -0.25) is 14.4 Å². The summed E-state index contributed by atoms with van der Waals surface area (Å²) in [5, 5.41) is 33.5. The third-order valence-corrected chi connectivity index (χ3v) is 4.33. The topological polar surface area (TPSA) is 214 Å². The standard InChI is InChI=1S/C13H18N2O2.C9H8N2O.C7H6N2.C4H10O.H2O/c1-9(16)14-11-7-5-10(6-8-11)12(17)15-13(2,3)4;1-7(12)11-9-4-2-8(6-10)3-5-9;8-5-6-1-3-7(9)4-2-6;1-4(2,3)5;/h5-8H,1-4H3,(H,14,16)(H,15,17);2-5H,1H3,(H,11,12);1-4H,9H2;5H,1-3H3;1H2/p+1. The van der Waals surface area contributed by atoms with Gasteiger partial charge in [0.25, 0.3) is 5.91 Å². The number of amides is 3. The number of hydrogen-bond donors (Lipinski definition) is 5. The molecule has 3 aromatic carbocycles. The third-order valence-electron chi connectivity index (χ3n) is 4.33. The molecule has 0 spiro atoms. The Kier molecular flexibility index (Phi) is 18.4. The van der Waals surface area contributed by atoms with Crippen LogP contribution < -0.4 is 21.7 Å². The molecule has 3 rings (SSSR count). The smallest absolute Gasteiger partial charge is 0.251 e. The molecule has 0 fully saturated rings. The minimum atomic E-state index is -0.500. The Morgan fingerprint density at radius 2 is 1.00 bits per heavy atom. The van der Waals surface area contributed by atoms with Crippen molar-refractivity contribution in [2.75, 3.05) is 16.4 Å². The number of nitrogens with one attached hydrogen (secondary N) is 3. The van der Waals surface area contributed by atoms with Crippen LogP contribution in [0.4, 0.5) is 17.1 Å². The molecular weight excluding hydrogens is 560 g/mol. The van der Waals surface area contributed by atoms with Gasteiger partial charge in [-0.05, 0) is 114 Å². The molecule has 44 heavy (non-hydrogen) atoms. The van der Waals surface area contributed by atoms with Crippen molar-refractivity contribution in [1.29, 1.82) is 10.5 Å². The molecule has 236 valence electrons. The third kappa shape index (κ3) is 22.5. The van der Waals surface area contributed by atoms with Gasteiger partial charge in [-0.1, -0.05) is 0 Å². The minimum Gasteiger partial charge on any atom is -0.457 e. The van der Waals surface area contributed by atoms with Crippen LogP contribution in [0, 0.1) is 22.7 Å². The van der Waals surface area contributed by atoms with Crippen LogP contribution in [0.5, 0.6) is 0 Å². The Bertz CT molecular complexity index is 1390.